The summed E-state index contributed by atoms with van der Waals surface area (Å²) >= 11 is 0. The highest BCUT2D eigenvalue weighted by Gasteiger charge is 2.19. The van der Waals surface area contributed by atoms with Crippen molar-refractivity contribution in [3.8, 4) is 0 Å². The summed E-state index contributed by atoms with van der Waals surface area (Å²) in [6, 6.07) is 16.7. The Morgan fingerprint density at radius 3 is 2.32 bits per heavy atom. The van der Waals surface area contributed by atoms with Gasteiger partial charge in [0.2, 0.25) is 10.0 Å². The highest BCUT2D eigenvalue weighted by atomic mass is 32.2. The monoisotopic (exact) mass is 444 g/mol. The number of nitrogens with one attached hydrogen (secondary N) is 1. The van der Waals surface area contributed by atoms with Gasteiger partial charge in [0.05, 0.1) is 4.90 Å². The Morgan fingerprint density at radius 1 is 0.968 bits per heavy atom. The normalized spacial score (nSPS) is 15.8. The number of benzene rings is 2. The second-order valence-electron chi connectivity index (χ2n) is 8.03. The Kier molecular flexibility index (Phi) is 8.20. The lowest BCUT2D eigenvalue weighted by molar-refractivity contribution is 0.0947. The highest BCUT2D eigenvalue weighted by Crippen LogP contribution is 2.15. The largest absolute Gasteiger partial charge is 0.352 e. The lowest BCUT2D eigenvalue weighted by Crippen LogP contribution is -2.46. The Labute approximate surface area is 185 Å². The molecule has 0 aromatic heterocycles. The number of amides is 1. The summed E-state index contributed by atoms with van der Waals surface area (Å²) in [4.78, 5) is 17.4. The van der Waals surface area contributed by atoms with Crippen LogP contribution >= 0.6 is 0 Å². The maximum Gasteiger partial charge on any atom is 0.251 e. The lowest BCUT2D eigenvalue weighted by atomic mass is 10.2. The molecule has 2 aromatic rings. The van der Waals surface area contributed by atoms with Gasteiger partial charge in [-0.15, -0.1) is 0 Å². The fourth-order valence-corrected chi connectivity index (χ4v) is 4.58. The number of carbonyl (C=O) groups is 1. The molecule has 0 atom stereocenters. The first kappa shape index (κ1) is 23.4. The molecule has 0 unspecified atom stereocenters. The molecular weight excluding hydrogens is 412 g/mol. The molecule has 1 aliphatic heterocycles. The number of carbonyl (C=O) groups excluding carboxylic acids is 1. The number of rotatable bonds is 9. The Bertz CT molecular complexity index is 956. The van der Waals surface area contributed by atoms with Gasteiger partial charge in [0, 0.05) is 58.9 Å². The summed E-state index contributed by atoms with van der Waals surface area (Å²) in [5.74, 6) is -0.247. The van der Waals surface area contributed by atoms with Gasteiger partial charge >= 0.3 is 0 Å². The molecule has 2 aromatic carbocycles. The Balaban J connectivity index is 1.38. The molecule has 3 rings (SSSR count). The molecule has 1 aliphatic rings. The van der Waals surface area contributed by atoms with Crippen LogP contribution in [0, 0.1) is 0 Å². The van der Waals surface area contributed by atoms with Crippen molar-refractivity contribution >= 4 is 15.9 Å². The van der Waals surface area contributed by atoms with E-state index in [1.165, 1.54) is 31.8 Å². The third kappa shape index (κ3) is 6.61. The summed E-state index contributed by atoms with van der Waals surface area (Å²) < 4.78 is 25.6. The molecular formula is C23H32N4O3S. The van der Waals surface area contributed by atoms with Gasteiger partial charge in [-0.1, -0.05) is 36.4 Å². The van der Waals surface area contributed by atoms with E-state index < -0.39 is 10.0 Å². The zero-order valence-electron chi connectivity index (χ0n) is 18.3. The molecule has 0 bridgehead atoms. The molecule has 1 heterocycles. The number of hydrogen-bond acceptors (Lipinski definition) is 5. The second kappa shape index (κ2) is 10.9. The van der Waals surface area contributed by atoms with Gasteiger partial charge in [0.1, 0.15) is 0 Å². The first-order valence-corrected chi connectivity index (χ1v) is 12.1. The van der Waals surface area contributed by atoms with Gasteiger partial charge in [-0.05, 0) is 36.7 Å². The van der Waals surface area contributed by atoms with E-state index >= 15 is 0 Å². The molecule has 1 amide bonds. The number of hydrogen-bond donors (Lipinski definition) is 1. The molecule has 1 fully saturated rings. The molecule has 0 spiro atoms. The van der Waals surface area contributed by atoms with Crippen LogP contribution in [0.2, 0.25) is 0 Å². The van der Waals surface area contributed by atoms with Crippen LogP contribution in [0.4, 0.5) is 0 Å². The van der Waals surface area contributed by atoms with Gasteiger partial charge in [0.25, 0.3) is 5.91 Å². The SMILES string of the molecule is CN(C)S(=O)(=O)c1cccc(C(=O)NCCCN2CCN(Cc3ccccc3)CC2)c1. The van der Waals surface area contributed by atoms with E-state index in [2.05, 4.69) is 39.4 Å². The number of sulfonamides is 1. The quantitative estimate of drug-likeness (QED) is 0.598. The zero-order chi connectivity index (χ0) is 22.3. The van der Waals surface area contributed by atoms with Crippen molar-refractivity contribution in [3.63, 3.8) is 0 Å². The van der Waals surface area contributed by atoms with E-state index in [1.54, 1.807) is 12.1 Å². The third-order valence-electron chi connectivity index (χ3n) is 5.53. The molecule has 1 N–H and O–H groups in total. The van der Waals surface area contributed by atoms with Crippen LogP contribution in [-0.2, 0) is 16.6 Å². The first-order chi connectivity index (χ1) is 14.9. The van der Waals surface area contributed by atoms with Crippen LogP contribution in [0.15, 0.2) is 59.5 Å². The molecule has 1 saturated heterocycles. The summed E-state index contributed by atoms with van der Waals surface area (Å²) in [6.45, 7) is 6.66. The Morgan fingerprint density at radius 2 is 1.65 bits per heavy atom. The van der Waals surface area contributed by atoms with Crippen LogP contribution in [0.3, 0.4) is 0 Å². The van der Waals surface area contributed by atoms with Crippen molar-refractivity contribution in [2.45, 2.75) is 17.9 Å². The molecule has 31 heavy (non-hydrogen) atoms. The van der Waals surface area contributed by atoms with E-state index in [4.69, 9.17) is 0 Å². The van der Waals surface area contributed by atoms with Crippen LogP contribution in [0.1, 0.15) is 22.3 Å². The van der Waals surface area contributed by atoms with Gasteiger partial charge in [-0.3, -0.25) is 9.69 Å². The first-order valence-electron chi connectivity index (χ1n) is 10.7. The fraction of sp³-hybridized carbons (Fsp3) is 0.435. The minimum Gasteiger partial charge on any atom is -0.352 e. The van der Waals surface area contributed by atoms with Crippen LogP contribution < -0.4 is 5.32 Å². The Hall–Kier alpha value is -2.26. The summed E-state index contributed by atoms with van der Waals surface area (Å²) in [5.41, 5.74) is 1.71. The van der Waals surface area contributed by atoms with Gasteiger partial charge in [-0.25, -0.2) is 12.7 Å². The topological polar surface area (TPSA) is 73.0 Å². The fourth-order valence-electron chi connectivity index (χ4n) is 3.63. The van der Waals surface area contributed by atoms with Crippen molar-refractivity contribution in [1.82, 2.24) is 19.4 Å². The molecule has 0 saturated carbocycles. The van der Waals surface area contributed by atoms with Gasteiger partial charge < -0.3 is 10.2 Å². The van der Waals surface area contributed by atoms with E-state index in [-0.39, 0.29) is 10.8 Å². The third-order valence-corrected chi connectivity index (χ3v) is 7.34. The predicted octanol–water partition coefficient (Wildman–Crippen LogP) is 1.87. The standard InChI is InChI=1S/C23H32N4O3S/c1-25(2)31(29,30)22-11-6-10-21(18-22)23(28)24-12-7-13-26-14-16-27(17-15-26)19-20-8-4-3-5-9-20/h3-6,8-11,18H,7,12-17,19H2,1-2H3,(H,24,28). The molecule has 0 radical (unpaired) electrons. The summed E-state index contributed by atoms with van der Waals surface area (Å²) in [6.07, 6.45) is 0.861. The second-order valence-corrected chi connectivity index (χ2v) is 10.2. The van der Waals surface area contributed by atoms with Crippen LogP contribution in [0.5, 0.6) is 0 Å². The molecule has 0 aliphatic carbocycles. The molecule has 8 heteroatoms. The van der Waals surface area contributed by atoms with Crippen molar-refractivity contribution < 1.29 is 13.2 Å². The van der Waals surface area contributed by atoms with Crippen molar-refractivity contribution in [1.29, 1.82) is 0 Å². The van der Waals surface area contributed by atoms with Crippen LogP contribution in [-0.4, -0.2) is 81.8 Å². The maximum absolute atomic E-state index is 12.4. The highest BCUT2D eigenvalue weighted by molar-refractivity contribution is 7.89. The lowest BCUT2D eigenvalue weighted by Gasteiger charge is -2.34. The molecule has 7 nitrogen and oxygen atoms in total. The summed E-state index contributed by atoms with van der Waals surface area (Å²) in [5, 5.41) is 2.90. The predicted molar refractivity (Wildman–Crippen MR) is 122 cm³/mol. The minimum absolute atomic E-state index is 0.124. The molecule has 168 valence electrons. The van der Waals surface area contributed by atoms with Crippen LogP contribution in [0.25, 0.3) is 0 Å². The number of piperazine rings is 1. The zero-order valence-corrected chi connectivity index (χ0v) is 19.1. The van der Waals surface area contributed by atoms with E-state index in [9.17, 15) is 13.2 Å². The average Bonchev–Trinajstić information content (AvgIpc) is 2.78. The van der Waals surface area contributed by atoms with Crippen molar-refractivity contribution in [2.75, 3.05) is 53.4 Å². The number of nitrogens with zero attached hydrogens (tertiary/aromatic N) is 3. The van der Waals surface area contributed by atoms with Gasteiger partial charge in [-0.2, -0.15) is 0 Å². The summed E-state index contributed by atoms with van der Waals surface area (Å²) in [7, 11) is -0.603. The smallest absolute Gasteiger partial charge is 0.251 e. The maximum atomic E-state index is 12.4. The van der Waals surface area contributed by atoms with Crippen molar-refractivity contribution in [2.24, 2.45) is 0 Å². The minimum atomic E-state index is -3.55. The van der Waals surface area contributed by atoms with E-state index in [0.29, 0.717) is 12.1 Å². The van der Waals surface area contributed by atoms with Crippen molar-refractivity contribution in [3.05, 3.63) is 65.7 Å². The average molecular weight is 445 g/mol. The van der Waals surface area contributed by atoms with Gasteiger partial charge in [0.15, 0.2) is 0 Å². The van der Waals surface area contributed by atoms with E-state index in [1.807, 2.05) is 6.07 Å². The van der Waals surface area contributed by atoms with E-state index in [0.717, 1.165) is 50.0 Å².